The van der Waals surface area contributed by atoms with E-state index >= 15 is 0 Å². The first-order chi connectivity index (χ1) is 18.1. The number of carbonyl (C=O) groups excluding carboxylic acids is 1. The molecule has 2 nitrogen and oxygen atoms in total. The predicted octanol–water partition coefficient (Wildman–Crippen LogP) is 14.0. The predicted molar refractivity (Wildman–Crippen MR) is 221 cm³/mol. The number of rotatable bonds is 7. The van der Waals surface area contributed by atoms with Gasteiger partial charge in [-0.05, 0) is 91.6 Å². The molecule has 0 saturated heterocycles. The molecule has 15 heteroatoms. The van der Waals surface area contributed by atoms with Crippen molar-refractivity contribution in [3.63, 3.8) is 0 Å². The first-order valence-electron chi connectivity index (χ1n) is 14.0. The Hall–Kier alpha value is 4.96. The molecule has 16 atom stereocenters. The molecule has 16 unspecified atom stereocenters. The first kappa shape index (κ1) is 39.4. The zero-order valence-electron chi connectivity index (χ0n) is 26.0. The Balaban J connectivity index is 2.23. The number of hydrogen-bond acceptors (Lipinski definition) is 2. The lowest BCUT2D eigenvalue weighted by Gasteiger charge is -2.67. The highest BCUT2D eigenvalue weighted by Crippen LogP contribution is 3.17. The van der Waals surface area contributed by atoms with Crippen LogP contribution in [0, 0.1) is 45.3 Å². The maximum absolute atomic E-state index is 14.7. The van der Waals surface area contributed by atoms with Crippen molar-refractivity contribution in [3.8, 4) is 0 Å². The van der Waals surface area contributed by atoms with Crippen LogP contribution in [-0.4, -0.2) is 11.9 Å². The topological polar surface area (TPSA) is 26.3 Å². The van der Waals surface area contributed by atoms with Crippen molar-refractivity contribution >= 4 is 111 Å². The lowest BCUT2D eigenvalue weighted by Crippen LogP contribution is -2.62. The first-order valence-corrected chi connectivity index (χ1v) is 36.8. The van der Waals surface area contributed by atoms with Crippen molar-refractivity contribution in [2.75, 3.05) is 0 Å². The molecule has 232 valence electrons. The van der Waals surface area contributed by atoms with E-state index in [1.165, 1.54) is 12.0 Å². The fourth-order valence-corrected chi connectivity index (χ4v) is 105. The summed E-state index contributed by atoms with van der Waals surface area (Å²) in [5.41, 5.74) is 2.30. The van der Waals surface area contributed by atoms with Gasteiger partial charge in [-0.3, -0.25) is 4.79 Å². The van der Waals surface area contributed by atoms with Crippen LogP contribution in [0.4, 0.5) is 0 Å². The van der Waals surface area contributed by atoms with E-state index in [2.05, 4.69) is 132 Å². The molecule has 0 aromatic heterocycles. The summed E-state index contributed by atoms with van der Waals surface area (Å²) in [4.78, 5) is 14.7. The second-order valence-electron chi connectivity index (χ2n) is 14.1. The van der Waals surface area contributed by atoms with Crippen LogP contribution in [0.3, 0.4) is 0 Å². The van der Waals surface area contributed by atoms with Crippen LogP contribution < -0.4 is 0 Å². The Kier molecular flexibility index (Phi) is 14.2. The third-order valence-electron chi connectivity index (χ3n) is 11.7. The number of carbonyl (C=O) groups is 1. The lowest BCUT2D eigenvalue weighted by molar-refractivity contribution is -0.170. The molecule has 0 spiro atoms. The molecule has 0 radical (unpaired) electrons. The van der Waals surface area contributed by atoms with E-state index < -0.39 is 7.53 Å². The summed E-state index contributed by atoms with van der Waals surface area (Å²) in [5, 5.41) is 0. The van der Waals surface area contributed by atoms with Crippen LogP contribution in [-0.2, 0) is 9.32 Å². The van der Waals surface area contributed by atoms with Crippen LogP contribution >= 0.6 is 105 Å². The minimum atomic E-state index is -0.620. The van der Waals surface area contributed by atoms with Gasteiger partial charge in [0.2, 0.25) is 0 Å². The fourth-order valence-electron chi connectivity index (χ4n) is 8.71. The molecule has 0 heterocycles. The molecular weight excluding hydrogens is 735 g/mol. The van der Waals surface area contributed by atoms with E-state index in [9.17, 15) is 4.79 Å². The van der Waals surface area contributed by atoms with Crippen LogP contribution in [0.15, 0.2) is 11.1 Å². The third kappa shape index (κ3) is 7.00. The van der Waals surface area contributed by atoms with Crippen molar-refractivity contribution in [2.24, 2.45) is 45.3 Å². The standard InChI is InChI=1S/C25H55O2P13/c1-14-11-15(2)24(9)12-18(26)20-16(3)19(27-35(39(34)36(28)29)40(37(30)31)38(32)33)13-25(10,23(20,7)8)17(4)21(24)22(14,5)6/h14-15,17,19,21H,11-13,28-34H2,1-10H3. The summed E-state index contributed by atoms with van der Waals surface area (Å²) in [5.74, 6) is 2.54. The van der Waals surface area contributed by atoms with Crippen LogP contribution in [0.25, 0.3) is 0 Å². The van der Waals surface area contributed by atoms with Crippen molar-refractivity contribution in [1.29, 1.82) is 0 Å². The smallest absolute Gasteiger partial charge is 0.160 e. The molecule has 40 heavy (non-hydrogen) atoms. The number of hydrogen-bond donors (Lipinski definition) is 0. The highest BCUT2D eigenvalue weighted by molar-refractivity contribution is 9.19. The molecule has 0 amide bonds. The molecule has 3 aliphatic rings. The van der Waals surface area contributed by atoms with E-state index in [1.807, 2.05) is 0 Å². The van der Waals surface area contributed by atoms with Gasteiger partial charge in [0.1, 0.15) is 0 Å². The Labute approximate surface area is 269 Å². The van der Waals surface area contributed by atoms with Crippen molar-refractivity contribution < 1.29 is 9.32 Å². The number of ketones is 1. The molecule has 0 aromatic rings. The highest BCUT2D eigenvalue weighted by atomic mass is 33.2. The average Bonchev–Trinajstić information content (AvgIpc) is 2.79. The molecule has 3 aliphatic carbocycles. The van der Waals surface area contributed by atoms with Gasteiger partial charge in [-0.1, -0.05) is 71.2 Å². The van der Waals surface area contributed by atoms with Gasteiger partial charge in [0.25, 0.3) is 0 Å². The van der Waals surface area contributed by atoms with Gasteiger partial charge < -0.3 is 4.52 Å². The number of allylic oxidation sites excluding steroid dienone is 1. The van der Waals surface area contributed by atoms with E-state index in [4.69, 9.17) is 4.52 Å². The summed E-state index contributed by atoms with van der Waals surface area (Å²) >= 11 is 0. The maximum atomic E-state index is 14.7. The molecule has 0 aromatic carbocycles. The monoisotopic (exact) mass is 790 g/mol. The normalized spacial score (nSPS) is 39.4. The van der Waals surface area contributed by atoms with Gasteiger partial charge in [-0.15, -0.1) is 53.6 Å². The van der Waals surface area contributed by atoms with E-state index in [1.54, 1.807) is 0 Å². The molecule has 0 aliphatic heterocycles. The Morgan fingerprint density at radius 1 is 0.825 bits per heavy atom. The van der Waals surface area contributed by atoms with Gasteiger partial charge >= 0.3 is 0 Å². The second kappa shape index (κ2) is 14.4. The third-order valence-corrected chi connectivity index (χ3v) is 82.5. The Morgan fingerprint density at radius 3 is 1.82 bits per heavy atom. The van der Waals surface area contributed by atoms with Gasteiger partial charge in [-0.25, -0.2) is 0 Å². The zero-order valence-corrected chi connectivity index (χ0v) is 39.5. The molecule has 2 bridgehead atoms. The van der Waals surface area contributed by atoms with Gasteiger partial charge in [0, 0.05) is 26.0 Å². The Morgan fingerprint density at radius 2 is 1.35 bits per heavy atom. The summed E-state index contributed by atoms with van der Waals surface area (Å²) in [6.07, 6.45) is 2.91. The average molecular weight is 790 g/mol. The number of fused-ring (bicyclic) bond motifs is 3. The molecule has 0 N–H and O–H groups in total. The van der Waals surface area contributed by atoms with E-state index in [0.717, 1.165) is 12.0 Å². The van der Waals surface area contributed by atoms with Gasteiger partial charge in [-0.2, -0.15) is 0 Å². The Bertz CT molecular complexity index is 993. The molecular formula is C25H55O2P13. The van der Waals surface area contributed by atoms with Crippen LogP contribution in [0.5, 0.6) is 0 Å². The largest absolute Gasteiger partial charge is 0.341 e. The van der Waals surface area contributed by atoms with Crippen LogP contribution in [0.2, 0.25) is 0 Å². The van der Waals surface area contributed by atoms with Crippen molar-refractivity contribution in [1.82, 2.24) is 0 Å². The lowest BCUT2D eigenvalue weighted by atomic mass is 9.38. The fraction of sp³-hybridized carbons (Fsp3) is 0.880. The summed E-state index contributed by atoms with van der Waals surface area (Å²) < 4.78 is 7.52. The summed E-state index contributed by atoms with van der Waals surface area (Å²) in [6, 6.07) is 0. The maximum Gasteiger partial charge on any atom is 0.160 e. The zero-order chi connectivity index (χ0) is 30.9. The second-order valence-corrected chi connectivity index (χ2v) is 62.9. The SMILES string of the molecule is CC1=C2C(=O)CC3(C)C(C)CC(C)C(C)(C)C3C(C)C(C)(CC1OP(P(P)P(P)P)P(P(P)P)P(P)P)C2(C)C. The van der Waals surface area contributed by atoms with Gasteiger partial charge in [0.15, 0.2) is 5.78 Å². The summed E-state index contributed by atoms with van der Waals surface area (Å²) in [6.45, 7) is 23.1. The quantitative estimate of drug-likeness (QED) is 0.240. The molecule has 2 saturated carbocycles. The van der Waals surface area contributed by atoms with Crippen molar-refractivity contribution in [3.05, 3.63) is 11.1 Å². The molecule has 2 fully saturated rings. The minimum Gasteiger partial charge on any atom is -0.341 e. The van der Waals surface area contributed by atoms with E-state index in [-0.39, 0.29) is 62.7 Å². The summed E-state index contributed by atoms with van der Waals surface area (Å²) in [7, 11) is 21.4. The molecule has 3 rings (SSSR count). The van der Waals surface area contributed by atoms with Crippen LogP contribution in [0.1, 0.15) is 88.5 Å². The highest BCUT2D eigenvalue weighted by Gasteiger charge is 2.65. The van der Waals surface area contributed by atoms with Gasteiger partial charge in [0.05, 0.1) is 13.6 Å². The van der Waals surface area contributed by atoms with Crippen molar-refractivity contribution in [2.45, 2.75) is 94.6 Å². The number of Topliss-reactive ketones (excluding diaryl/α,β-unsaturated/α-hetero) is 1. The minimum absolute atomic E-state index is 0.0108. The van der Waals surface area contributed by atoms with E-state index in [0.29, 0.717) is 35.9 Å².